The molecule has 2 heterocycles. The number of nitrogens with one attached hydrogen (secondary N) is 1. The van der Waals surface area contributed by atoms with E-state index in [-0.39, 0.29) is 5.91 Å². The van der Waals surface area contributed by atoms with Crippen molar-refractivity contribution in [1.82, 2.24) is 25.1 Å². The normalized spacial score (nSPS) is 14.9. The van der Waals surface area contributed by atoms with E-state index in [0.29, 0.717) is 27.8 Å². The van der Waals surface area contributed by atoms with Crippen LogP contribution in [0.25, 0.3) is 5.82 Å². The van der Waals surface area contributed by atoms with Crippen LogP contribution in [0.1, 0.15) is 53.1 Å². The van der Waals surface area contributed by atoms with Gasteiger partial charge in [-0.15, -0.1) is 0 Å². The highest BCUT2D eigenvalue weighted by molar-refractivity contribution is 6.31. The smallest absolute Gasteiger partial charge is 0.251 e. The van der Waals surface area contributed by atoms with Crippen LogP contribution >= 0.6 is 11.6 Å². The minimum absolute atomic E-state index is 0.331. The van der Waals surface area contributed by atoms with Crippen molar-refractivity contribution >= 4 is 17.5 Å². The molecule has 0 radical (unpaired) electrons. The van der Waals surface area contributed by atoms with Gasteiger partial charge in [-0.25, -0.2) is 9.97 Å². The van der Waals surface area contributed by atoms with E-state index in [1.54, 1.807) is 37.3 Å². The van der Waals surface area contributed by atoms with Gasteiger partial charge in [-0.2, -0.15) is 20.3 Å². The molecule has 1 saturated carbocycles. The van der Waals surface area contributed by atoms with Crippen molar-refractivity contribution in [1.29, 1.82) is 10.5 Å². The van der Waals surface area contributed by atoms with Crippen LogP contribution in [0.15, 0.2) is 42.9 Å². The Morgan fingerprint density at radius 2 is 2.07 bits per heavy atom. The third-order valence-electron chi connectivity index (χ3n) is 5.08. The van der Waals surface area contributed by atoms with Gasteiger partial charge in [0.2, 0.25) is 0 Å². The number of carbonyl (C=O) groups excluding carboxylic acids is 1. The van der Waals surface area contributed by atoms with Crippen molar-refractivity contribution in [3.05, 3.63) is 70.4 Å². The highest BCUT2D eigenvalue weighted by atomic mass is 35.5. The summed E-state index contributed by atoms with van der Waals surface area (Å²) in [5.41, 5.74) is 1.05. The van der Waals surface area contributed by atoms with E-state index >= 15 is 0 Å². The number of carbonyl (C=O) groups is 1. The van der Waals surface area contributed by atoms with Crippen LogP contribution in [0.4, 0.5) is 0 Å². The Morgan fingerprint density at radius 3 is 2.70 bits per heavy atom. The highest BCUT2D eigenvalue weighted by Crippen LogP contribution is 2.48. The topological polar surface area (TPSA) is 120 Å². The van der Waals surface area contributed by atoms with E-state index in [1.165, 1.54) is 17.2 Å². The van der Waals surface area contributed by atoms with Crippen molar-refractivity contribution in [2.45, 2.75) is 31.2 Å². The number of pyridine rings is 1. The van der Waals surface area contributed by atoms with E-state index in [9.17, 15) is 10.1 Å². The maximum atomic E-state index is 12.9. The Bertz CT molecular complexity index is 1200. The molecule has 0 aliphatic heterocycles. The molecule has 2 aromatic heterocycles. The summed E-state index contributed by atoms with van der Waals surface area (Å²) < 4.78 is 1.50. The van der Waals surface area contributed by atoms with E-state index in [4.69, 9.17) is 16.9 Å². The molecular formula is C21H16ClN7O. The van der Waals surface area contributed by atoms with Crippen LogP contribution in [-0.4, -0.2) is 25.7 Å². The summed E-state index contributed by atoms with van der Waals surface area (Å²) >= 11 is 6.20. The zero-order valence-corrected chi connectivity index (χ0v) is 16.8. The molecule has 0 bridgehead atoms. The fraction of sp³-hybridized carbons (Fsp3) is 0.238. The number of benzene rings is 1. The van der Waals surface area contributed by atoms with E-state index in [1.807, 2.05) is 6.07 Å². The average Bonchev–Trinajstić information content (AvgIpc) is 3.41. The number of nitriles is 2. The first-order valence-corrected chi connectivity index (χ1v) is 9.63. The predicted molar refractivity (Wildman–Crippen MR) is 108 cm³/mol. The van der Waals surface area contributed by atoms with E-state index in [2.05, 4.69) is 26.5 Å². The number of aromatic nitrogens is 4. The van der Waals surface area contributed by atoms with E-state index in [0.717, 1.165) is 18.4 Å². The SMILES string of the molecule is C[C@H](NC(=O)c1cc(Cl)cc(C2(C#N)CC2)c1)c1ncnn1-c1ccc(C#N)cn1. The molecule has 30 heavy (non-hydrogen) atoms. The first-order valence-electron chi connectivity index (χ1n) is 9.25. The van der Waals surface area contributed by atoms with Gasteiger partial charge in [0.15, 0.2) is 11.6 Å². The maximum absolute atomic E-state index is 12.9. The zero-order valence-electron chi connectivity index (χ0n) is 16.0. The molecule has 0 spiro atoms. The van der Waals surface area contributed by atoms with Crippen LogP contribution in [-0.2, 0) is 5.41 Å². The summed E-state index contributed by atoms with van der Waals surface area (Å²) in [6.45, 7) is 1.78. The van der Waals surface area contributed by atoms with Gasteiger partial charge in [0.05, 0.1) is 23.1 Å². The zero-order chi connectivity index (χ0) is 21.3. The Morgan fingerprint density at radius 1 is 1.27 bits per heavy atom. The summed E-state index contributed by atoms with van der Waals surface area (Å²) in [5.74, 6) is 0.637. The summed E-state index contributed by atoms with van der Waals surface area (Å²) in [5, 5.41) is 25.8. The average molecular weight is 418 g/mol. The Kier molecular flexibility index (Phi) is 4.94. The molecule has 3 aromatic rings. The van der Waals surface area contributed by atoms with Crippen molar-refractivity contribution in [2.75, 3.05) is 0 Å². The number of hydrogen-bond acceptors (Lipinski definition) is 6. The number of halogens is 1. The van der Waals surface area contributed by atoms with Crippen molar-refractivity contribution in [2.24, 2.45) is 0 Å². The van der Waals surface area contributed by atoms with Crippen LogP contribution in [0, 0.1) is 22.7 Å². The quantitative estimate of drug-likeness (QED) is 0.680. The molecule has 4 rings (SSSR count). The van der Waals surface area contributed by atoms with Gasteiger partial charge in [0, 0.05) is 16.8 Å². The minimum Gasteiger partial charge on any atom is -0.342 e. The van der Waals surface area contributed by atoms with E-state index < -0.39 is 11.5 Å². The van der Waals surface area contributed by atoms with Crippen molar-refractivity contribution in [3.63, 3.8) is 0 Å². The molecule has 1 aliphatic carbocycles. The largest absolute Gasteiger partial charge is 0.342 e. The van der Waals surface area contributed by atoms with Crippen LogP contribution < -0.4 is 5.32 Å². The molecule has 0 saturated heterocycles. The third kappa shape index (κ3) is 3.61. The summed E-state index contributed by atoms with van der Waals surface area (Å²) in [7, 11) is 0. The van der Waals surface area contributed by atoms with Gasteiger partial charge in [-0.1, -0.05) is 11.6 Å². The lowest BCUT2D eigenvalue weighted by atomic mass is 9.95. The second-order valence-electron chi connectivity index (χ2n) is 7.16. The van der Waals surface area contributed by atoms with Crippen LogP contribution in [0.5, 0.6) is 0 Å². The van der Waals surface area contributed by atoms with Gasteiger partial charge in [-0.3, -0.25) is 4.79 Å². The molecule has 1 aliphatic rings. The molecular weight excluding hydrogens is 402 g/mol. The summed E-state index contributed by atoms with van der Waals surface area (Å²) in [6, 6.07) is 12.2. The molecule has 0 unspecified atom stereocenters. The van der Waals surface area contributed by atoms with Crippen LogP contribution in [0.2, 0.25) is 5.02 Å². The lowest BCUT2D eigenvalue weighted by Crippen LogP contribution is -2.29. The van der Waals surface area contributed by atoms with Crippen molar-refractivity contribution in [3.8, 4) is 18.0 Å². The van der Waals surface area contributed by atoms with Crippen LogP contribution in [0.3, 0.4) is 0 Å². The predicted octanol–water partition coefficient (Wildman–Crippen LogP) is 3.23. The molecule has 1 aromatic carbocycles. The first-order chi connectivity index (χ1) is 14.5. The molecule has 1 N–H and O–H groups in total. The second-order valence-corrected chi connectivity index (χ2v) is 7.60. The minimum atomic E-state index is -0.535. The van der Waals surface area contributed by atoms with Gasteiger partial charge >= 0.3 is 0 Å². The monoisotopic (exact) mass is 417 g/mol. The highest BCUT2D eigenvalue weighted by Gasteiger charge is 2.45. The van der Waals surface area contributed by atoms with Gasteiger partial charge < -0.3 is 5.32 Å². The lowest BCUT2D eigenvalue weighted by molar-refractivity contribution is 0.0937. The molecule has 1 fully saturated rings. The van der Waals surface area contributed by atoms with Gasteiger partial charge in [-0.05, 0) is 55.7 Å². The maximum Gasteiger partial charge on any atom is 0.251 e. The Labute approximate surface area is 177 Å². The van der Waals surface area contributed by atoms with Gasteiger partial charge in [0.1, 0.15) is 12.4 Å². The lowest BCUT2D eigenvalue weighted by Gasteiger charge is -2.15. The van der Waals surface area contributed by atoms with Crippen molar-refractivity contribution < 1.29 is 4.79 Å². The molecule has 9 heteroatoms. The Balaban J connectivity index is 1.56. The third-order valence-corrected chi connectivity index (χ3v) is 5.30. The molecule has 1 amide bonds. The summed E-state index contributed by atoms with van der Waals surface area (Å²) in [4.78, 5) is 21.3. The first kappa shape index (κ1) is 19.6. The molecule has 8 nitrogen and oxygen atoms in total. The fourth-order valence-electron chi connectivity index (χ4n) is 3.23. The number of hydrogen-bond donors (Lipinski definition) is 1. The standard InChI is InChI=1S/C21H16ClN7O/c1-13(19-26-12-27-29(19)18-3-2-14(9-23)10-25-18)28-20(30)15-6-16(8-17(22)7-15)21(11-24)4-5-21/h2-3,6-8,10,12-13H,4-5H2,1H3,(H,28,30)/t13-/m0/s1. The second kappa shape index (κ2) is 7.58. The van der Waals surface area contributed by atoms with Gasteiger partial charge in [0.25, 0.3) is 5.91 Å². The number of amides is 1. The Hall–Kier alpha value is -3.75. The molecule has 148 valence electrons. The number of rotatable bonds is 5. The fourth-order valence-corrected chi connectivity index (χ4v) is 3.47. The summed E-state index contributed by atoms with van der Waals surface area (Å²) in [6.07, 6.45) is 4.35. The number of nitrogens with zero attached hydrogens (tertiary/aromatic N) is 6. The molecule has 1 atom stereocenters.